The van der Waals surface area contributed by atoms with Crippen LogP contribution in [-0.4, -0.2) is 25.1 Å². The van der Waals surface area contributed by atoms with Gasteiger partial charge in [-0.05, 0) is 32.8 Å². The zero-order chi connectivity index (χ0) is 16.4. The van der Waals surface area contributed by atoms with Gasteiger partial charge in [0, 0.05) is 5.57 Å². The third kappa shape index (κ3) is 6.54. The lowest BCUT2D eigenvalue weighted by Gasteiger charge is -2.08. The summed E-state index contributed by atoms with van der Waals surface area (Å²) in [4.78, 5) is 28.4. The molecule has 22 heavy (non-hydrogen) atoms. The zero-order valence-electron chi connectivity index (χ0n) is 13.3. The second kappa shape index (κ2) is 9.73. The van der Waals surface area contributed by atoms with Crippen LogP contribution in [0.3, 0.4) is 0 Å². The highest BCUT2D eigenvalue weighted by atomic mass is 16.6. The van der Waals surface area contributed by atoms with E-state index in [-0.39, 0.29) is 12.3 Å². The van der Waals surface area contributed by atoms with Gasteiger partial charge in [0.25, 0.3) is 0 Å². The molecule has 0 fully saturated rings. The number of esters is 1. The summed E-state index contributed by atoms with van der Waals surface area (Å²) in [5.41, 5.74) is 4.66. The van der Waals surface area contributed by atoms with E-state index in [4.69, 9.17) is 9.57 Å². The Morgan fingerprint density at radius 1 is 1.14 bits per heavy atom. The number of hydrogen-bond acceptors (Lipinski definition) is 4. The summed E-state index contributed by atoms with van der Waals surface area (Å²) < 4.78 is 4.89. The fraction of sp³-hybridized carbons (Fsp3) is 0.412. The van der Waals surface area contributed by atoms with E-state index < -0.39 is 5.97 Å². The van der Waals surface area contributed by atoms with Crippen molar-refractivity contribution in [1.29, 1.82) is 0 Å². The van der Waals surface area contributed by atoms with Crippen molar-refractivity contribution in [3.63, 3.8) is 0 Å². The molecule has 0 atom stereocenters. The van der Waals surface area contributed by atoms with Gasteiger partial charge in [-0.25, -0.2) is 10.3 Å². The average Bonchev–Trinajstić information content (AvgIpc) is 2.52. The first-order valence-electron chi connectivity index (χ1n) is 7.32. The van der Waals surface area contributed by atoms with E-state index in [0.29, 0.717) is 24.4 Å². The molecule has 0 heterocycles. The molecule has 0 radical (unpaired) electrons. The number of hydrogen-bond donors (Lipinski definition) is 1. The van der Waals surface area contributed by atoms with Crippen LogP contribution < -0.4 is 5.48 Å². The molecular formula is C17H23NO4. The molecule has 0 aromatic heterocycles. The van der Waals surface area contributed by atoms with Gasteiger partial charge in [-0.2, -0.15) is 0 Å². The highest BCUT2D eigenvalue weighted by molar-refractivity contribution is 5.90. The van der Waals surface area contributed by atoms with Crippen LogP contribution in [0.25, 0.3) is 0 Å². The summed E-state index contributed by atoms with van der Waals surface area (Å²) in [6, 6.07) is 9.87. The van der Waals surface area contributed by atoms with Crippen molar-refractivity contribution in [2.45, 2.75) is 33.6 Å². The lowest BCUT2D eigenvalue weighted by Crippen LogP contribution is -2.25. The Hall–Kier alpha value is -2.14. The minimum Gasteiger partial charge on any atom is -0.463 e. The number of amides is 1. The normalized spacial score (nSPS) is 11.6. The number of ether oxygens (including phenoxy) is 1. The van der Waals surface area contributed by atoms with Crippen molar-refractivity contribution in [3.8, 4) is 0 Å². The zero-order valence-corrected chi connectivity index (χ0v) is 13.3. The smallest absolute Gasteiger partial charge is 0.333 e. The highest BCUT2D eigenvalue weighted by Gasteiger charge is 2.11. The Morgan fingerprint density at radius 3 is 2.45 bits per heavy atom. The average molecular weight is 305 g/mol. The highest BCUT2D eigenvalue weighted by Crippen LogP contribution is 2.09. The quantitative estimate of drug-likeness (QED) is 0.347. The fourth-order valence-corrected chi connectivity index (χ4v) is 1.77. The van der Waals surface area contributed by atoms with Crippen molar-refractivity contribution in [2.24, 2.45) is 0 Å². The first-order valence-corrected chi connectivity index (χ1v) is 7.32. The number of benzene rings is 1. The molecular weight excluding hydrogens is 282 g/mol. The minimum absolute atomic E-state index is 0.107. The predicted octanol–water partition coefficient (Wildman–Crippen LogP) is 2.57. The largest absolute Gasteiger partial charge is 0.463 e. The Labute approximate surface area is 131 Å². The van der Waals surface area contributed by atoms with Crippen LogP contribution in [0, 0.1) is 0 Å². The molecule has 0 spiro atoms. The monoisotopic (exact) mass is 305 g/mol. The molecule has 0 aliphatic rings. The van der Waals surface area contributed by atoms with Crippen molar-refractivity contribution >= 4 is 11.9 Å². The van der Waals surface area contributed by atoms with Gasteiger partial charge in [0.15, 0.2) is 0 Å². The summed E-state index contributed by atoms with van der Waals surface area (Å²) in [6.45, 7) is 5.84. The van der Waals surface area contributed by atoms with Gasteiger partial charge >= 0.3 is 5.97 Å². The maximum absolute atomic E-state index is 11.7. The topological polar surface area (TPSA) is 64.6 Å². The molecule has 1 aromatic rings. The van der Waals surface area contributed by atoms with Crippen molar-refractivity contribution in [3.05, 3.63) is 47.0 Å². The summed E-state index contributed by atoms with van der Waals surface area (Å²) in [5.74, 6) is -0.674. The predicted molar refractivity (Wildman–Crippen MR) is 83.9 cm³/mol. The van der Waals surface area contributed by atoms with Gasteiger partial charge in [-0.15, -0.1) is 0 Å². The molecule has 0 bridgehead atoms. The number of nitrogens with one attached hydrogen (secondary N) is 1. The lowest BCUT2D eigenvalue weighted by molar-refractivity contribution is -0.138. The van der Waals surface area contributed by atoms with Crippen LogP contribution in [0.2, 0.25) is 0 Å². The summed E-state index contributed by atoms with van der Waals surface area (Å²) in [6.07, 6.45) is 0.827. The Balaban J connectivity index is 2.31. The van der Waals surface area contributed by atoms with Crippen molar-refractivity contribution in [2.75, 3.05) is 13.2 Å². The van der Waals surface area contributed by atoms with Crippen molar-refractivity contribution < 1.29 is 19.2 Å². The number of rotatable bonds is 8. The minimum atomic E-state index is -0.391. The van der Waals surface area contributed by atoms with E-state index in [1.165, 1.54) is 0 Å². The third-order valence-electron chi connectivity index (χ3n) is 3.17. The molecule has 0 unspecified atom stereocenters. The molecule has 5 heteroatoms. The molecule has 1 aromatic carbocycles. The van der Waals surface area contributed by atoms with Gasteiger partial charge in [0.05, 0.1) is 19.6 Å². The third-order valence-corrected chi connectivity index (χ3v) is 3.17. The maximum Gasteiger partial charge on any atom is 0.333 e. The lowest BCUT2D eigenvalue weighted by atomic mass is 10.1. The van der Waals surface area contributed by atoms with Crippen LogP contribution in [-0.2, 0) is 25.6 Å². The second-order valence-corrected chi connectivity index (χ2v) is 4.91. The molecule has 120 valence electrons. The molecule has 0 aliphatic carbocycles. The van der Waals surface area contributed by atoms with Crippen LogP contribution in [0.4, 0.5) is 0 Å². The molecule has 1 rings (SSSR count). The number of carbonyl (C=O) groups is 2. The van der Waals surface area contributed by atoms with Crippen LogP contribution >= 0.6 is 0 Å². The number of hydroxylamine groups is 1. The van der Waals surface area contributed by atoms with Gasteiger partial charge in [0.1, 0.15) is 0 Å². The van der Waals surface area contributed by atoms with Gasteiger partial charge < -0.3 is 4.74 Å². The first kappa shape index (κ1) is 17.9. The van der Waals surface area contributed by atoms with E-state index in [1.807, 2.05) is 30.3 Å². The van der Waals surface area contributed by atoms with E-state index in [0.717, 1.165) is 12.0 Å². The van der Waals surface area contributed by atoms with Crippen molar-refractivity contribution in [1.82, 2.24) is 5.48 Å². The molecule has 1 amide bonds. The fourth-order valence-electron chi connectivity index (χ4n) is 1.77. The van der Waals surface area contributed by atoms with Crippen LogP contribution in [0.1, 0.15) is 32.8 Å². The molecule has 0 aliphatic heterocycles. The number of carbonyl (C=O) groups excluding carboxylic acids is 2. The van der Waals surface area contributed by atoms with E-state index in [9.17, 15) is 9.59 Å². The van der Waals surface area contributed by atoms with Gasteiger partial charge in [-0.3, -0.25) is 9.63 Å². The Morgan fingerprint density at radius 2 is 1.82 bits per heavy atom. The summed E-state index contributed by atoms with van der Waals surface area (Å²) in [5, 5.41) is 0. The summed E-state index contributed by atoms with van der Waals surface area (Å²) >= 11 is 0. The summed E-state index contributed by atoms with van der Waals surface area (Å²) in [7, 11) is 0. The van der Waals surface area contributed by atoms with E-state index >= 15 is 0 Å². The maximum atomic E-state index is 11.7. The molecule has 1 N–H and O–H groups in total. The molecule has 0 saturated carbocycles. The standard InChI is InChI=1S/C17H23NO4/c1-4-21-17(20)14(3)13(2)12-16(19)18-22-11-10-15-8-6-5-7-9-15/h5-9H,4,10-12H2,1-3H3,(H,18,19)/b14-13-. The molecule has 0 saturated heterocycles. The van der Waals surface area contributed by atoms with Gasteiger partial charge in [-0.1, -0.05) is 35.9 Å². The first-order chi connectivity index (χ1) is 10.5. The van der Waals surface area contributed by atoms with E-state index in [2.05, 4.69) is 5.48 Å². The Bertz CT molecular complexity index is 523. The van der Waals surface area contributed by atoms with E-state index in [1.54, 1.807) is 20.8 Å². The molecule has 5 nitrogen and oxygen atoms in total. The SMILES string of the molecule is CCOC(=O)/C(C)=C(/C)CC(=O)NOCCc1ccccc1. The van der Waals surface area contributed by atoms with Crippen LogP contribution in [0.5, 0.6) is 0 Å². The van der Waals surface area contributed by atoms with Gasteiger partial charge in [0.2, 0.25) is 5.91 Å². The van der Waals surface area contributed by atoms with Crippen LogP contribution in [0.15, 0.2) is 41.5 Å². The second-order valence-electron chi connectivity index (χ2n) is 4.91. The Kier molecular flexibility index (Phi) is 7.92.